The third kappa shape index (κ3) is 5.02. The molecule has 188 valence electrons. The smallest absolute Gasteiger partial charge is 0.255 e. The summed E-state index contributed by atoms with van der Waals surface area (Å²) in [5, 5.41) is 14.6. The van der Waals surface area contributed by atoms with Gasteiger partial charge < -0.3 is 25.0 Å². The first-order chi connectivity index (χ1) is 17.4. The lowest BCUT2D eigenvalue weighted by Crippen LogP contribution is -2.45. The maximum atomic E-state index is 12.8. The van der Waals surface area contributed by atoms with E-state index in [-0.39, 0.29) is 18.0 Å². The van der Waals surface area contributed by atoms with Crippen molar-refractivity contribution >= 4 is 29.0 Å². The first kappa shape index (κ1) is 24.5. The second-order valence-electron chi connectivity index (χ2n) is 9.29. The summed E-state index contributed by atoms with van der Waals surface area (Å²) in [7, 11) is 0. The van der Waals surface area contributed by atoms with E-state index in [1.165, 1.54) is 0 Å². The molecule has 0 radical (unpaired) electrons. The van der Waals surface area contributed by atoms with Crippen molar-refractivity contribution in [3.63, 3.8) is 0 Å². The number of hydrogen-bond donors (Lipinski definition) is 2. The van der Waals surface area contributed by atoms with Gasteiger partial charge in [-0.15, -0.1) is 0 Å². The quantitative estimate of drug-likeness (QED) is 0.530. The van der Waals surface area contributed by atoms with Crippen molar-refractivity contribution in [1.82, 2.24) is 14.9 Å². The molecule has 2 unspecified atom stereocenters. The number of amides is 1. The van der Waals surface area contributed by atoms with Gasteiger partial charge in [-0.1, -0.05) is 17.7 Å². The summed E-state index contributed by atoms with van der Waals surface area (Å²) in [6.45, 7) is 6.22. The Labute approximate surface area is 215 Å². The molecule has 1 amide bonds. The van der Waals surface area contributed by atoms with E-state index < -0.39 is 6.23 Å². The van der Waals surface area contributed by atoms with E-state index in [0.717, 1.165) is 34.7 Å². The number of benzene rings is 1. The molecular weight excluding hydrogens is 478 g/mol. The third-order valence-electron chi connectivity index (χ3n) is 6.79. The molecular formula is C27H30ClN5O3. The standard InChI is InChI=1S/C27H30ClN5O3/c1-17-13-24(31-26-8-5-21(28)16-30-26)22-14-19(4-7-25(22)33(17)18(2)34)23-6-3-20(15-29-23)27(35)32-9-11-36-12-10-32/h3-8,14-18,24,34H,9-13H2,1-2H3,(H,30,31)/t17-,18?,24?/m0/s1. The Morgan fingerprint density at radius 2 is 1.94 bits per heavy atom. The van der Waals surface area contributed by atoms with Crippen molar-refractivity contribution in [3.05, 3.63) is 71.0 Å². The molecule has 0 spiro atoms. The number of rotatable bonds is 5. The third-order valence-corrected chi connectivity index (χ3v) is 7.01. The molecule has 5 rings (SSSR count). The van der Waals surface area contributed by atoms with Crippen LogP contribution in [-0.2, 0) is 4.74 Å². The van der Waals surface area contributed by atoms with Crippen molar-refractivity contribution in [2.75, 3.05) is 36.5 Å². The molecule has 4 heterocycles. The van der Waals surface area contributed by atoms with Crippen LogP contribution in [0.25, 0.3) is 11.3 Å². The second-order valence-corrected chi connectivity index (χ2v) is 9.73. The van der Waals surface area contributed by atoms with E-state index in [1.807, 2.05) is 41.3 Å². The molecule has 1 aromatic carbocycles. The number of hydrogen-bond acceptors (Lipinski definition) is 7. The fourth-order valence-corrected chi connectivity index (χ4v) is 5.15. The number of aliphatic hydroxyl groups excluding tert-OH is 1. The van der Waals surface area contributed by atoms with Gasteiger partial charge >= 0.3 is 0 Å². The maximum Gasteiger partial charge on any atom is 0.255 e. The molecule has 3 aromatic rings. The summed E-state index contributed by atoms with van der Waals surface area (Å²) in [4.78, 5) is 25.6. The fraction of sp³-hybridized carbons (Fsp3) is 0.370. The average molecular weight is 508 g/mol. The first-order valence-electron chi connectivity index (χ1n) is 12.2. The van der Waals surface area contributed by atoms with Gasteiger partial charge in [0.2, 0.25) is 0 Å². The van der Waals surface area contributed by atoms with Crippen LogP contribution in [0.2, 0.25) is 5.02 Å². The highest BCUT2D eigenvalue weighted by atomic mass is 35.5. The number of morpholine rings is 1. The Balaban J connectivity index is 1.45. The van der Waals surface area contributed by atoms with E-state index in [2.05, 4.69) is 28.3 Å². The van der Waals surface area contributed by atoms with E-state index in [4.69, 9.17) is 16.3 Å². The molecule has 1 saturated heterocycles. The Hall–Kier alpha value is -3.20. The molecule has 9 heteroatoms. The van der Waals surface area contributed by atoms with Crippen molar-refractivity contribution in [2.45, 2.75) is 38.6 Å². The minimum absolute atomic E-state index is 0.0132. The summed E-state index contributed by atoms with van der Waals surface area (Å²) < 4.78 is 5.34. The zero-order chi connectivity index (χ0) is 25.2. The summed E-state index contributed by atoms with van der Waals surface area (Å²) in [6.07, 6.45) is 3.43. The normalized spacial score (nSPS) is 20.6. The summed E-state index contributed by atoms with van der Waals surface area (Å²) in [6, 6.07) is 13.7. The number of pyridine rings is 2. The number of ether oxygens (including phenoxy) is 1. The monoisotopic (exact) mass is 507 g/mol. The van der Waals surface area contributed by atoms with Crippen molar-refractivity contribution in [1.29, 1.82) is 0 Å². The van der Waals surface area contributed by atoms with E-state index in [9.17, 15) is 9.90 Å². The number of nitrogens with one attached hydrogen (secondary N) is 1. The molecule has 0 bridgehead atoms. The lowest BCUT2D eigenvalue weighted by Gasteiger charge is -2.43. The molecule has 1 fully saturated rings. The van der Waals surface area contributed by atoms with Gasteiger partial charge in [0.25, 0.3) is 5.91 Å². The van der Waals surface area contributed by atoms with Crippen LogP contribution in [0.5, 0.6) is 0 Å². The van der Waals surface area contributed by atoms with Crippen LogP contribution >= 0.6 is 11.6 Å². The molecule has 2 aromatic heterocycles. The number of carbonyl (C=O) groups excluding carboxylic acids is 1. The lowest BCUT2D eigenvalue weighted by atomic mass is 9.89. The Kier molecular flexibility index (Phi) is 7.09. The number of carbonyl (C=O) groups is 1. The maximum absolute atomic E-state index is 12.8. The van der Waals surface area contributed by atoms with Gasteiger partial charge in [0, 0.05) is 42.8 Å². The SMILES string of the molecule is CC(O)N1c2ccc(-c3ccc(C(=O)N4CCOCC4)cn3)cc2C(Nc2ccc(Cl)cn2)C[C@@H]1C. The number of nitrogens with zero attached hydrogens (tertiary/aromatic N) is 4. The van der Waals surface area contributed by atoms with E-state index in [0.29, 0.717) is 36.9 Å². The zero-order valence-corrected chi connectivity index (χ0v) is 21.2. The Bertz CT molecular complexity index is 1210. The molecule has 8 nitrogen and oxygen atoms in total. The molecule has 36 heavy (non-hydrogen) atoms. The Morgan fingerprint density at radius 3 is 2.61 bits per heavy atom. The van der Waals surface area contributed by atoms with Crippen LogP contribution in [-0.4, -0.2) is 64.5 Å². The van der Waals surface area contributed by atoms with Crippen molar-refractivity contribution < 1.29 is 14.6 Å². The Morgan fingerprint density at radius 1 is 1.14 bits per heavy atom. The van der Waals surface area contributed by atoms with Gasteiger partial charge in [0.15, 0.2) is 0 Å². The predicted molar refractivity (Wildman–Crippen MR) is 140 cm³/mol. The highest BCUT2D eigenvalue weighted by Crippen LogP contribution is 2.41. The van der Waals surface area contributed by atoms with Gasteiger partial charge in [-0.25, -0.2) is 4.98 Å². The molecule has 2 aliphatic rings. The number of fused-ring (bicyclic) bond motifs is 1. The highest BCUT2D eigenvalue weighted by Gasteiger charge is 2.33. The van der Waals surface area contributed by atoms with Crippen LogP contribution in [0.4, 0.5) is 11.5 Å². The van der Waals surface area contributed by atoms with Crippen LogP contribution in [0, 0.1) is 0 Å². The lowest BCUT2D eigenvalue weighted by molar-refractivity contribution is 0.0302. The van der Waals surface area contributed by atoms with E-state index >= 15 is 0 Å². The van der Waals surface area contributed by atoms with Gasteiger partial charge in [-0.2, -0.15) is 0 Å². The topological polar surface area (TPSA) is 90.8 Å². The summed E-state index contributed by atoms with van der Waals surface area (Å²) >= 11 is 6.01. The molecule has 2 N–H and O–H groups in total. The summed E-state index contributed by atoms with van der Waals surface area (Å²) in [5.41, 5.74) is 4.31. The largest absolute Gasteiger partial charge is 0.378 e. The average Bonchev–Trinajstić information content (AvgIpc) is 2.90. The first-order valence-corrected chi connectivity index (χ1v) is 12.6. The number of aromatic nitrogens is 2. The molecule has 0 aliphatic carbocycles. The molecule has 3 atom stereocenters. The minimum Gasteiger partial charge on any atom is -0.378 e. The zero-order valence-electron chi connectivity index (χ0n) is 20.4. The second kappa shape index (κ2) is 10.4. The van der Waals surface area contributed by atoms with Crippen LogP contribution in [0.15, 0.2) is 54.9 Å². The summed E-state index contributed by atoms with van der Waals surface area (Å²) in [5.74, 6) is 0.714. The van der Waals surface area contributed by atoms with Gasteiger partial charge in [0.1, 0.15) is 12.0 Å². The molecule has 2 aliphatic heterocycles. The van der Waals surface area contributed by atoms with Crippen LogP contribution in [0.1, 0.15) is 42.2 Å². The minimum atomic E-state index is -0.622. The van der Waals surface area contributed by atoms with Gasteiger partial charge in [-0.05, 0) is 62.2 Å². The number of anilines is 2. The van der Waals surface area contributed by atoms with E-state index in [1.54, 1.807) is 24.2 Å². The van der Waals surface area contributed by atoms with Crippen molar-refractivity contribution in [3.8, 4) is 11.3 Å². The molecule has 0 saturated carbocycles. The van der Waals surface area contributed by atoms with Crippen LogP contribution in [0.3, 0.4) is 0 Å². The van der Waals surface area contributed by atoms with Crippen LogP contribution < -0.4 is 10.2 Å². The highest BCUT2D eigenvalue weighted by molar-refractivity contribution is 6.30. The number of aliphatic hydroxyl groups is 1. The number of halogens is 1. The predicted octanol–water partition coefficient (Wildman–Crippen LogP) is 4.36. The van der Waals surface area contributed by atoms with Crippen molar-refractivity contribution in [2.24, 2.45) is 0 Å². The van der Waals surface area contributed by atoms with Gasteiger partial charge in [-0.3, -0.25) is 9.78 Å². The fourth-order valence-electron chi connectivity index (χ4n) is 5.03. The van der Waals surface area contributed by atoms with Gasteiger partial charge in [0.05, 0.1) is 35.5 Å².